The third-order valence-corrected chi connectivity index (χ3v) is 4.87. The third-order valence-electron chi connectivity index (χ3n) is 4.87. The number of aromatic nitrogens is 1. The summed E-state index contributed by atoms with van der Waals surface area (Å²) in [5.74, 6) is 1.48. The van der Waals surface area contributed by atoms with Crippen molar-refractivity contribution in [1.82, 2.24) is 9.47 Å². The van der Waals surface area contributed by atoms with Gasteiger partial charge >= 0.3 is 6.03 Å². The molecule has 2 heterocycles. The Balaban J connectivity index is 1.57. The van der Waals surface area contributed by atoms with Crippen LogP contribution in [0.2, 0.25) is 0 Å². The number of carbonyl (C=O) groups is 1. The zero-order chi connectivity index (χ0) is 14.8. The molecule has 0 radical (unpaired) electrons. The number of urea groups is 1. The van der Waals surface area contributed by atoms with Crippen molar-refractivity contribution in [3.63, 3.8) is 0 Å². The van der Waals surface area contributed by atoms with Crippen molar-refractivity contribution in [1.29, 1.82) is 0 Å². The summed E-state index contributed by atoms with van der Waals surface area (Å²) in [6.07, 6.45) is 7.06. The van der Waals surface area contributed by atoms with E-state index in [-0.39, 0.29) is 11.6 Å². The number of rotatable bonds is 3. The summed E-state index contributed by atoms with van der Waals surface area (Å²) in [5.41, 5.74) is 0.231. The molecule has 21 heavy (non-hydrogen) atoms. The number of pyridine rings is 1. The highest BCUT2D eigenvalue weighted by Crippen LogP contribution is 2.36. The molecule has 1 aromatic rings. The summed E-state index contributed by atoms with van der Waals surface area (Å²) in [4.78, 5) is 26.1. The molecule has 1 saturated heterocycles. The lowest BCUT2D eigenvalue weighted by molar-refractivity contribution is 0.0927. The van der Waals surface area contributed by atoms with Crippen molar-refractivity contribution >= 4 is 11.7 Å². The highest BCUT2D eigenvalue weighted by atomic mass is 16.2. The van der Waals surface area contributed by atoms with Crippen LogP contribution in [-0.4, -0.2) is 28.6 Å². The third kappa shape index (κ3) is 2.82. The van der Waals surface area contributed by atoms with Crippen molar-refractivity contribution in [2.24, 2.45) is 11.8 Å². The van der Waals surface area contributed by atoms with Crippen LogP contribution in [-0.2, 0) is 6.54 Å². The first-order valence-corrected chi connectivity index (χ1v) is 7.94. The Morgan fingerprint density at radius 3 is 2.67 bits per heavy atom. The van der Waals surface area contributed by atoms with E-state index < -0.39 is 0 Å². The van der Waals surface area contributed by atoms with Crippen LogP contribution in [0.25, 0.3) is 0 Å². The number of hydrogen-bond acceptors (Lipinski definition) is 2. The summed E-state index contributed by atoms with van der Waals surface area (Å²) in [5, 5.41) is 2.75. The fourth-order valence-corrected chi connectivity index (χ4v) is 3.48. The highest BCUT2D eigenvalue weighted by molar-refractivity contribution is 5.89. The van der Waals surface area contributed by atoms with Crippen molar-refractivity contribution in [3.8, 4) is 0 Å². The van der Waals surface area contributed by atoms with E-state index in [4.69, 9.17) is 0 Å². The monoisotopic (exact) mass is 289 g/mol. The molecule has 2 amide bonds. The zero-order valence-corrected chi connectivity index (χ0v) is 12.5. The summed E-state index contributed by atoms with van der Waals surface area (Å²) in [7, 11) is 0. The van der Waals surface area contributed by atoms with Crippen LogP contribution in [0.5, 0.6) is 0 Å². The van der Waals surface area contributed by atoms with Crippen LogP contribution < -0.4 is 10.9 Å². The fourth-order valence-electron chi connectivity index (χ4n) is 3.48. The largest absolute Gasteiger partial charge is 0.324 e. The number of amides is 2. The first kappa shape index (κ1) is 14.2. The van der Waals surface area contributed by atoms with Gasteiger partial charge in [0.2, 0.25) is 0 Å². The van der Waals surface area contributed by atoms with Gasteiger partial charge in [0.05, 0.1) is 0 Å². The molecule has 0 aromatic carbocycles. The summed E-state index contributed by atoms with van der Waals surface area (Å²) >= 11 is 0. The molecule has 5 nitrogen and oxygen atoms in total. The number of nitrogens with one attached hydrogen (secondary N) is 1. The van der Waals surface area contributed by atoms with Gasteiger partial charge in [-0.3, -0.25) is 4.79 Å². The molecule has 114 valence electrons. The normalized spacial score (nSPS) is 19.6. The van der Waals surface area contributed by atoms with Crippen molar-refractivity contribution in [3.05, 3.63) is 28.7 Å². The topological polar surface area (TPSA) is 54.3 Å². The highest BCUT2D eigenvalue weighted by Gasteiger charge is 2.37. The van der Waals surface area contributed by atoms with Gasteiger partial charge in [-0.2, -0.15) is 0 Å². The molecule has 0 spiro atoms. The second kappa shape index (κ2) is 5.92. The van der Waals surface area contributed by atoms with Crippen LogP contribution in [0.3, 0.4) is 0 Å². The number of aryl methyl sites for hydroxylation is 1. The lowest BCUT2D eigenvalue weighted by Gasteiger charge is -2.42. The van der Waals surface area contributed by atoms with Crippen LogP contribution in [0.4, 0.5) is 10.5 Å². The van der Waals surface area contributed by atoms with E-state index >= 15 is 0 Å². The Morgan fingerprint density at radius 1 is 1.29 bits per heavy atom. The molecule has 3 rings (SSSR count). The zero-order valence-electron chi connectivity index (χ0n) is 12.5. The number of likely N-dealkylation sites (tertiary alicyclic amines) is 1. The molecule has 1 aromatic heterocycles. The van der Waals surface area contributed by atoms with Crippen molar-refractivity contribution < 1.29 is 4.79 Å². The maximum absolute atomic E-state index is 12.2. The van der Waals surface area contributed by atoms with Crippen molar-refractivity contribution in [2.45, 2.75) is 39.2 Å². The molecule has 1 saturated carbocycles. The minimum absolute atomic E-state index is 0.138. The van der Waals surface area contributed by atoms with E-state index in [1.165, 1.54) is 25.7 Å². The smallest absolute Gasteiger partial charge is 0.322 e. The second-order valence-electron chi connectivity index (χ2n) is 6.15. The van der Waals surface area contributed by atoms with E-state index in [0.717, 1.165) is 19.0 Å². The molecule has 0 unspecified atom stereocenters. The lowest BCUT2D eigenvalue weighted by Crippen LogP contribution is -2.54. The van der Waals surface area contributed by atoms with Gasteiger partial charge in [-0.15, -0.1) is 0 Å². The minimum atomic E-state index is -0.143. The molecule has 2 fully saturated rings. The molecule has 5 heteroatoms. The molecular weight excluding hydrogens is 266 g/mol. The Kier molecular flexibility index (Phi) is 3.99. The van der Waals surface area contributed by atoms with Gasteiger partial charge < -0.3 is 14.8 Å². The van der Waals surface area contributed by atoms with E-state index in [9.17, 15) is 9.59 Å². The standard InChI is InChI=1S/C16H23N3O2/c1-2-18-9-5-8-14(15(18)20)17-16(21)19-10-13(11-19)12-6-3-4-7-12/h5,8-9,12-13H,2-4,6-7,10-11H2,1H3,(H,17,21). The average Bonchev–Trinajstić information content (AvgIpc) is 2.93. The number of nitrogens with zero attached hydrogens (tertiary/aromatic N) is 2. The minimum Gasteiger partial charge on any atom is -0.324 e. The van der Waals surface area contributed by atoms with Crippen molar-refractivity contribution in [2.75, 3.05) is 18.4 Å². The summed E-state index contributed by atoms with van der Waals surface area (Å²) in [6, 6.07) is 3.31. The predicted molar refractivity (Wildman–Crippen MR) is 82.4 cm³/mol. The Bertz CT molecular complexity index is 569. The lowest BCUT2D eigenvalue weighted by atomic mass is 9.85. The summed E-state index contributed by atoms with van der Waals surface area (Å²) in [6.45, 7) is 4.20. The number of anilines is 1. The maximum Gasteiger partial charge on any atom is 0.322 e. The molecule has 2 aliphatic rings. The average molecular weight is 289 g/mol. The van der Waals surface area contributed by atoms with Gasteiger partial charge in [-0.25, -0.2) is 4.79 Å². The summed E-state index contributed by atoms with van der Waals surface area (Å²) < 4.78 is 1.59. The Hall–Kier alpha value is -1.78. The molecule has 1 aliphatic heterocycles. The molecular formula is C16H23N3O2. The first-order chi connectivity index (χ1) is 10.2. The van der Waals surface area contributed by atoms with Gasteiger partial charge in [0.25, 0.3) is 5.56 Å². The quantitative estimate of drug-likeness (QED) is 0.929. The van der Waals surface area contributed by atoms with Gasteiger partial charge in [0.1, 0.15) is 5.69 Å². The van der Waals surface area contributed by atoms with Gasteiger partial charge in [-0.05, 0) is 30.9 Å². The molecule has 0 atom stereocenters. The van der Waals surface area contributed by atoms with Gasteiger partial charge in [-0.1, -0.05) is 25.7 Å². The van der Waals surface area contributed by atoms with Crippen LogP contribution in [0.15, 0.2) is 23.1 Å². The van der Waals surface area contributed by atoms with Crippen LogP contribution in [0.1, 0.15) is 32.6 Å². The number of hydrogen-bond donors (Lipinski definition) is 1. The maximum atomic E-state index is 12.2. The molecule has 1 N–H and O–H groups in total. The fraction of sp³-hybridized carbons (Fsp3) is 0.625. The Morgan fingerprint density at radius 2 is 2.00 bits per heavy atom. The molecule has 1 aliphatic carbocycles. The predicted octanol–water partition coefficient (Wildman–Crippen LogP) is 2.52. The molecule has 0 bridgehead atoms. The second-order valence-corrected chi connectivity index (χ2v) is 6.15. The van der Waals surface area contributed by atoms with Crippen LogP contribution >= 0.6 is 0 Å². The van der Waals surface area contributed by atoms with E-state index in [1.807, 2.05) is 11.8 Å². The SMILES string of the molecule is CCn1cccc(NC(=O)N2CC(C3CCCC3)C2)c1=O. The number of carbonyl (C=O) groups excluding carboxylic acids is 1. The van der Waals surface area contributed by atoms with Crippen LogP contribution in [0, 0.1) is 11.8 Å². The first-order valence-electron chi connectivity index (χ1n) is 7.94. The van der Waals surface area contributed by atoms with Gasteiger partial charge in [0, 0.05) is 25.8 Å². The van der Waals surface area contributed by atoms with Gasteiger partial charge in [0.15, 0.2) is 0 Å². The van der Waals surface area contributed by atoms with E-state index in [1.54, 1.807) is 22.9 Å². The van der Waals surface area contributed by atoms with E-state index in [2.05, 4.69) is 5.32 Å². The Labute approximate surface area is 124 Å². The van der Waals surface area contributed by atoms with E-state index in [0.29, 0.717) is 18.2 Å².